The number of imide groups is 1. The largest absolute Gasteiger partial charge is 0.323 e. The first-order chi connectivity index (χ1) is 14.0. The molecule has 29 heavy (non-hydrogen) atoms. The van der Waals surface area contributed by atoms with Crippen molar-refractivity contribution in [3.8, 4) is 11.3 Å². The van der Waals surface area contributed by atoms with E-state index < -0.39 is 11.6 Å². The number of nitrogens with one attached hydrogen (secondary N) is 2. The van der Waals surface area contributed by atoms with Gasteiger partial charge in [0.25, 0.3) is 5.91 Å². The molecule has 3 aliphatic rings. The quantitative estimate of drug-likeness (QED) is 0.583. The number of fused-ring (bicyclic) bond motifs is 1. The van der Waals surface area contributed by atoms with Crippen LogP contribution in [-0.4, -0.2) is 44.0 Å². The molecule has 0 aromatic carbocycles. The summed E-state index contributed by atoms with van der Waals surface area (Å²) in [6.07, 6.45) is 7.34. The Morgan fingerprint density at radius 3 is 2.76 bits per heavy atom. The van der Waals surface area contributed by atoms with Crippen molar-refractivity contribution in [3.63, 3.8) is 0 Å². The molecule has 2 N–H and O–H groups in total. The summed E-state index contributed by atoms with van der Waals surface area (Å²) in [5, 5.41) is 5.02. The maximum absolute atomic E-state index is 12.0. The summed E-state index contributed by atoms with van der Waals surface area (Å²) < 4.78 is 2.23. The number of amides is 3. The van der Waals surface area contributed by atoms with E-state index in [2.05, 4.69) is 43.1 Å². The fourth-order valence-electron chi connectivity index (χ4n) is 3.76. The van der Waals surface area contributed by atoms with Gasteiger partial charge in [0.15, 0.2) is 0 Å². The van der Waals surface area contributed by atoms with Crippen molar-refractivity contribution in [2.75, 3.05) is 12.3 Å². The number of carbonyl (C=O) groups is 2. The predicted octanol–water partition coefficient (Wildman–Crippen LogP) is 2.63. The number of rotatable bonds is 5. The van der Waals surface area contributed by atoms with Gasteiger partial charge in [-0.3, -0.25) is 20.1 Å². The van der Waals surface area contributed by atoms with Crippen LogP contribution in [0.15, 0.2) is 30.6 Å². The molecular formula is C21H23N5O2S. The number of carbonyl (C=O) groups excluding carboxylic acids is 2. The van der Waals surface area contributed by atoms with Gasteiger partial charge in [0.05, 0.1) is 5.69 Å². The highest BCUT2D eigenvalue weighted by atomic mass is 32.2. The van der Waals surface area contributed by atoms with Crippen molar-refractivity contribution in [3.05, 3.63) is 47.4 Å². The van der Waals surface area contributed by atoms with Crippen LogP contribution in [0.2, 0.25) is 0 Å². The van der Waals surface area contributed by atoms with Gasteiger partial charge in [-0.05, 0) is 55.5 Å². The van der Waals surface area contributed by atoms with Gasteiger partial charge in [0.1, 0.15) is 5.54 Å². The maximum atomic E-state index is 12.0. The van der Waals surface area contributed by atoms with Gasteiger partial charge in [0, 0.05) is 48.4 Å². The fraction of sp³-hybridized carbons (Fsp3) is 0.429. The molecule has 2 aromatic heterocycles. The van der Waals surface area contributed by atoms with Gasteiger partial charge < -0.3 is 5.32 Å². The van der Waals surface area contributed by atoms with Gasteiger partial charge in [0.2, 0.25) is 0 Å². The highest BCUT2D eigenvalue weighted by Gasteiger charge is 2.42. The van der Waals surface area contributed by atoms with Crippen molar-refractivity contribution in [2.24, 2.45) is 0 Å². The first-order valence-electron chi connectivity index (χ1n) is 9.96. The highest BCUT2D eigenvalue weighted by Crippen LogP contribution is 2.39. The summed E-state index contributed by atoms with van der Waals surface area (Å²) in [7, 11) is 0. The predicted molar refractivity (Wildman–Crippen MR) is 111 cm³/mol. The molecule has 4 heterocycles. The van der Waals surface area contributed by atoms with Crippen LogP contribution in [0.5, 0.6) is 0 Å². The van der Waals surface area contributed by atoms with Crippen LogP contribution in [0.3, 0.4) is 0 Å². The normalized spacial score (nSPS) is 24.2. The molecule has 8 heteroatoms. The van der Waals surface area contributed by atoms with Crippen molar-refractivity contribution in [1.29, 1.82) is 0 Å². The zero-order valence-electron chi connectivity index (χ0n) is 16.3. The van der Waals surface area contributed by atoms with Crippen LogP contribution in [0.25, 0.3) is 11.3 Å². The smallest absolute Gasteiger partial charge is 0.322 e. The second kappa shape index (κ2) is 7.11. The maximum Gasteiger partial charge on any atom is 0.322 e. The Kier molecular flexibility index (Phi) is 4.55. The summed E-state index contributed by atoms with van der Waals surface area (Å²) in [4.78, 5) is 32.6. The molecule has 0 bridgehead atoms. The van der Waals surface area contributed by atoms with Gasteiger partial charge in [-0.25, -0.2) is 9.10 Å². The fourth-order valence-corrected chi connectivity index (χ4v) is 4.86. The molecule has 2 fully saturated rings. The lowest BCUT2D eigenvalue weighted by atomic mass is 10.0. The number of nitrogens with zero attached hydrogens (tertiary/aromatic N) is 3. The molecule has 3 amide bonds. The van der Waals surface area contributed by atoms with Crippen LogP contribution >= 0.6 is 11.9 Å². The van der Waals surface area contributed by atoms with E-state index in [-0.39, 0.29) is 5.91 Å². The summed E-state index contributed by atoms with van der Waals surface area (Å²) in [6.45, 7) is 3.43. The van der Waals surface area contributed by atoms with E-state index in [0.717, 1.165) is 30.8 Å². The van der Waals surface area contributed by atoms with E-state index in [1.165, 1.54) is 29.7 Å². The lowest BCUT2D eigenvalue weighted by Crippen LogP contribution is -2.47. The molecular weight excluding hydrogens is 386 g/mol. The van der Waals surface area contributed by atoms with Crippen molar-refractivity contribution < 1.29 is 9.59 Å². The number of aromatic nitrogens is 2. The monoisotopic (exact) mass is 409 g/mol. The topological polar surface area (TPSA) is 87.2 Å². The van der Waals surface area contributed by atoms with Crippen molar-refractivity contribution in [2.45, 2.75) is 44.2 Å². The van der Waals surface area contributed by atoms with E-state index in [9.17, 15) is 9.59 Å². The third kappa shape index (κ3) is 3.74. The Balaban J connectivity index is 1.24. The van der Waals surface area contributed by atoms with Gasteiger partial charge in [-0.2, -0.15) is 0 Å². The first-order valence-corrected chi connectivity index (χ1v) is 10.9. The minimum Gasteiger partial charge on any atom is -0.323 e. The lowest BCUT2D eigenvalue weighted by molar-refractivity contribution is -0.122. The van der Waals surface area contributed by atoms with E-state index in [0.29, 0.717) is 11.7 Å². The Morgan fingerprint density at radius 2 is 2.07 bits per heavy atom. The van der Waals surface area contributed by atoms with Gasteiger partial charge >= 0.3 is 6.03 Å². The van der Waals surface area contributed by atoms with Gasteiger partial charge in [-0.15, -0.1) is 0 Å². The Morgan fingerprint density at radius 1 is 1.21 bits per heavy atom. The molecule has 0 spiro atoms. The van der Waals surface area contributed by atoms with Crippen molar-refractivity contribution >= 4 is 23.9 Å². The average Bonchev–Trinajstić information content (AvgIpc) is 3.53. The van der Waals surface area contributed by atoms with Crippen LogP contribution in [-0.2, 0) is 17.8 Å². The van der Waals surface area contributed by atoms with Gasteiger partial charge in [-0.1, -0.05) is 11.9 Å². The Hall–Kier alpha value is -2.45. The standard InChI is InChI=1S/C21H23N5O2S/c1-21(19(27)24-20(28)25-21)12-29-26-7-6-14-8-18(23-10-16(14)11-26)15-4-5-17(22-9-15)13-2-3-13/h4-5,8-10,13H,2-3,6-7,11-12H2,1H3,(H2,24,25,27,28)/t21-/m1/s1. The lowest BCUT2D eigenvalue weighted by Gasteiger charge is -2.30. The van der Waals surface area contributed by atoms with Crippen LogP contribution in [0, 0.1) is 0 Å². The summed E-state index contributed by atoms with van der Waals surface area (Å²) >= 11 is 1.59. The number of urea groups is 1. The molecule has 1 atom stereocenters. The average molecular weight is 410 g/mol. The van der Waals surface area contributed by atoms with Crippen molar-refractivity contribution in [1.82, 2.24) is 24.9 Å². The molecule has 2 aromatic rings. The number of hydrogen-bond donors (Lipinski definition) is 2. The molecule has 1 aliphatic carbocycles. The first kappa shape index (κ1) is 18.6. The van der Waals surface area contributed by atoms with Crippen LogP contribution < -0.4 is 10.6 Å². The van der Waals surface area contributed by atoms with E-state index in [1.807, 2.05) is 12.4 Å². The minimum atomic E-state index is -0.857. The molecule has 2 aliphatic heterocycles. The summed E-state index contributed by atoms with van der Waals surface area (Å²) in [5.41, 5.74) is 4.89. The SMILES string of the molecule is C[C@]1(CSN2CCc3cc(-c4ccc(C5CC5)nc4)ncc3C2)NC(=O)NC1=O. The Labute approximate surface area is 173 Å². The Bertz CT molecular complexity index is 976. The molecule has 5 rings (SSSR count). The molecule has 0 radical (unpaired) electrons. The number of pyridine rings is 2. The zero-order chi connectivity index (χ0) is 20.0. The highest BCUT2D eigenvalue weighted by molar-refractivity contribution is 7.97. The zero-order valence-corrected chi connectivity index (χ0v) is 17.1. The molecule has 7 nitrogen and oxygen atoms in total. The van der Waals surface area contributed by atoms with Crippen LogP contribution in [0.1, 0.15) is 42.5 Å². The molecule has 150 valence electrons. The summed E-state index contributed by atoms with van der Waals surface area (Å²) in [5.74, 6) is 0.902. The van der Waals surface area contributed by atoms with Crippen LogP contribution in [0.4, 0.5) is 4.79 Å². The molecule has 1 saturated carbocycles. The van der Waals surface area contributed by atoms with E-state index in [4.69, 9.17) is 0 Å². The third-order valence-corrected chi connectivity index (χ3v) is 7.17. The number of hydrogen-bond acceptors (Lipinski definition) is 6. The molecule has 1 saturated heterocycles. The third-order valence-electron chi connectivity index (χ3n) is 5.79. The van der Waals surface area contributed by atoms with E-state index in [1.54, 1.807) is 18.9 Å². The second-order valence-electron chi connectivity index (χ2n) is 8.21. The second-order valence-corrected chi connectivity index (χ2v) is 9.27. The summed E-state index contributed by atoms with van der Waals surface area (Å²) in [6, 6.07) is 6.02. The van der Waals surface area contributed by atoms with E-state index >= 15 is 0 Å². The molecule has 0 unspecified atom stereocenters. The minimum absolute atomic E-state index is 0.264.